The van der Waals surface area contributed by atoms with E-state index in [-0.39, 0.29) is 15.5 Å². The van der Waals surface area contributed by atoms with Crippen LogP contribution in [0.5, 0.6) is 0 Å². The number of nitro groups is 1. The number of anilines is 1. The van der Waals surface area contributed by atoms with Crippen molar-refractivity contribution < 1.29 is 4.92 Å². The second-order valence-corrected chi connectivity index (χ2v) is 6.02. The highest BCUT2D eigenvalue weighted by molar-refractivity contribution is 8.00. The lowest BCUT2D eigenvalue weighted by Crippen LogP contribution is -2.23. The summed E-state index contributed by atoms with van der Waals surface area (Å²) in [6, 6.07) is 14.8. The van der Waals surface area contributed by atoms with Gasteiger partial charge in [0.2, 0.25) is 0 Å². The Morgan fingerprint density at radius 2 is 1.84 bits per heavy atom. The monoisotopic (exact) mass is 272 g/mol. The minimum absolute atomic E-state index is 0.118. The zero-order valence-corrected chi connectivity index (χ0v) is 11.1. The first-order valence-corrected chi connectivity index (χ1v) is 6.71. The Kier molecular flexibility index (Phi) is 2.71. The molecule has 0 amide bonds. The van der Waals surface area contributed by atoms with Gasteiger partial charge in [0.25, 0.3) is 5.69 Å². The maximum absolute atomic E-state index is 10.7. The number of hydrogen-bond acceptors (Lipinski definition) is 4. The Labute approximate surface area is 115 Å². The Morgan fingerprint density at radius 1 is 1.16 bits per heavy atom. The molecule has 1 atom stereocenters. The van der Waals surface area contributed by atoms with Crippen molar-refractivity contribution >= 4 is 23.1 Å². The summed E-state index contributed by atoms with van der Waals surface area (Å²) >= 11 is 1.72. The zero-order chi connectivity index (χ0) is 13.5. The fourth-order valence-electron chi connectivity index (χ4n) is 2.19. The number of non-ortho nitro benzene ring substituents is 1. The highest BCUT2D eigenvalue weighted by atomic mass is 32.2. The van der Waals surface area contributed by atoms with Crippen LogP contribution in [0, 0.1) is 10.1 Å². The second kappa shape index (κ2) is 4.28. The molecule has 0 spiro atoms. The summed E-state index contributed by atoms with van der Waals surface area (Å²) in [5, 5.41) is 14.1. The van der Waals surface area contributed by atoms with E-state index in [9.17, 15) is 10.1 Å². The molecule has 0 fully saturated rings. The van der Waals surface area contributed by atoms with Crippen LogP contribution < -0.4 is 5.32 Å². The highest BCUT2D eigenvalue weighted by Gasteiger charge is 2.34. The lowest BCUT2D eigenvalue weighted by Gasteiger charge is -2.24. The van der Waals surface area contributed by atoms with Crippen molar-refractivity contribution in [2.75, 3.05) is 5.32 Å². The van der Waals surface area contributed by atoms with Gasteiger partial charge < -0.3 is 5.32 Å². The Bertz CT molecular complexity index is 615. The Balaban J connectivity index is 1.93. The van der Waals surface area contributed by atoms with Gasteiger partial charge in [0.1, 0.15) is 4.87 Å². The molecule has 1 heterocycles. The van der Waals surface area contributed by atoms with Gasteiger partial charge in [0.05, 0.1) is 4.92 Å². The Morgan fingerprint density at radius 3 is 2.47 bits per heavy atom. The van der Waals surface area contributed by atoms with Crippen molar-refractivity contribution in [1.29, 1.82) is 0 Å². The van der Waals surface area contributed by atoms with Gasteiger partial charge >= 0.3 is 0 Å². The number of nitrogens with zero attached hydrogens (tertiary/aromatic N) is 1. The highest BCUT2D eigenvalue weighted by Crippen LogP contribution is 2.50. The molecule has 0 saturated heterocycles. The van der Waals surface area contributed by atoms with E-state index in [0.29, 0.717) is 0 Å². The molecule has 0 unspecified atom stereocenters. The summed E-state index contributed by atoms with van der Waals surface area (Å²) in [6.07, 6.45) is 0. The van der Waals surface area contributed by atoms with E-state index in [1.54, 1.807) is 23.9 Å². The standard InChI is InChI=1S/C14H12N2O2S/c1-14(10-6-8-11(9-7-10)16(17)18)15-12-4-2-3-5-13(12)19-14/h2-9,15H,1H3/t14-/m0/s1. The molecule has 96 valence electrons. The van der Waals surface area contributed by atoms with Crippen LogP contribution in [0.15, 0.2) is 53.4 Å². The van der Waals surface area contributed by atoms with E-state index in [4.69, 9.17) is 0 Å². The van der Waals surface area contributed by atoms with Crippen LogP contribution in [0.2, 0.25) is 0 Å². The summed E-state index contributed by atoms with van der Waals surface area (Å²) in [7, 11) is 0. The van der Waals surface area contributed by atoms with Crippen LogP contribution in [-0.2, 0) is 4.87 Å². The van der Waals surface area contributed by atoms with Gasteiger partial charge in [-0.2, -0.15) is 0 Å². The number of nitrogens with one attached hydrogen (secondary N) is 1. The molecule has 1 aliphatic heterocycles. The van der Waals surface area contributed by atoms with Crippen molar-refractivity contribution in [2.24, 2.45) is 0 Å². The van der Waals surface area contributed by atoms with E-state index in [0.717, 1.165) is 11.3 Å². The summed E-state index contributed by atoms with van der Waals surface area (Å²) in [5.74, 6) is 0. The van der Waals surface area contributed by atoms with E-state index >= 15 is 0 Å². The minimum atomic E-state index is -0.379. The van der Waals surface area contributed by atoms with Crippen molar-refractivity contribution in [3.63, 3.8) is 0 Å². The lowest BCUT2D eigenvalue weighted by molar-refractivity contribution is -0.384. The molecule has 1 aliphatic rings. The minimum Gasteiger partial charge on any atom is -0.366 e. The summed E-state index contributed by atoms with van der Waals surface area (Å²) in [6.45, 7) is 2.08. The Hall–Kier alpha value is -2.01. The maximum atomic E-state index is 10.7. The fourth-order valence-corrected chi connectivity index (χ4v) is 3.42. The topological polar surface area (TPSA) is 55.2 Å². The van der Waals surface area contributed by atoms with E-state index in [1.165, 1.54) is 4.90 Å². The molecule has 0 aromatic heterocycles. The third-order valence-corrected chi connectivity index (χ3v) is 4.53. The molecule has 3 rings (SSSR count). The molecule has 0 bridgehead atoms. The molecule has 19 heavy (non-hydrogen) atoms. The van der Waals surface area contributed by atoms with E-state index in [1.807, 2.05) is 30.3 Å². The first kappa shape index (κ1) is 12.0. The van der Waals surface area contributed by atoms with Gasteiger partial charge in [0.15, 0.2) is 0 Å². The van der Waals surface area contributed by atoms with Crippen LogP contribution in [0.1, 0.15) is 12.5 Å². The fraction of sp³-hybridized carbons (Fsp3) is 0.143. The van der Waals surface area contributed by atoms with Crippen LogP contribution in [-0.4, -0.2) is 4.92 Å². The number of benzene rings is 2. The predicted molar refractivity (Wildman–Crippen MR) is 76.4 cm³/mol. The second-order valence-electron chi connectivity index (χ2n) is 4.56. The van der Waals surface area contributed by atoms with Crippen LogP contribution >= 0.6 is 11.8 Å². The smallest absolute Gasteiger partial charge is 0.269 e. The molecule has 4 nitrogen and oxygen atoms in total. The van der Waals surface area contributed by atoms with Gasteiger partial charge in [-0.25, -0.2) is 0 Å². The summed E-state index contributed by atoms with van der Waals surface area (Å²) in [4.78, 5) is 11.2. The summed E-state index contributed by atoms with van der Waals surface area (Å²) < 4.78 is 0. The number of thioether (sulfide) groups is 1. The first-order chi connectivity index (χ1) is 9.08. The van der Waals surface area contributed by atoms with Crippen molar-refractivity contribution in [3.05, 3.63) is 64.2 Å². The lowest BCUT2D eigenvalue weighted by atomic mass is 10.1. The van der Waals surface area contributed by atoms with Gasteiger partial charge in [-0.05, 0) is 36.8 Å². The zero-order valence-electron chi connectivity index (χ0n) is 10.3. The van der Waals surface area contributed by atoms with Gasteiger partial charge in [0, 0.05) is 22.7 Å². The number of hydrogen-bond donors (Lipinski definition) is 1. The first-order valence-electron chi connectivity index (χ1n) is 5.90. The molecule has 0 radical (unpaired) electrons. The van der Waals surface area contributed by atoms with Gasteiger partial charge in [-0.15, -0.1) is 0 Å². The predicted octanol–water partition coefficient (Wildman–Crippen LogP) is 3.99. The van der Waals surface area contributed by atoms with Crippen LogP contribution in [0.25, 0.3) is 0 Å². The third kappa shape index (κ3) is 2.06. The molecule has 1 N–H and O–H groups in total. The number of para-hydroxylation sites is 1. The molecular weight excluding hydrogens is 260 g/mol. The molecule has 5 heteroatoms. The quantitative estimate of drug-likeness (QED) is 0.663. The molecular formula is C14H12N2O2S. The van der Waals surface area contributed by atoms with E-state index in [2.05, 4.69) is 18.3 Å². The molecule has 2 aromatic rings. The normalized spacial score (nSPS) is 20.7. The van der Waals surface area contributed by atoms with Crippen molar-refractivity contribution in [3.8, 4) is 0 Å². The number of nitro benzene ring substituents is 1. The van der Waals surface area contributed by atoms with E-state index < -0.39 is 0 Å². The average Bonchev–Trinajstić information content (AvgIpc) is 2.76. The number of fused-ring (bicyclic) bond motifs is 1. The van der Waals surface area contributed by atoms with Crippen LogP contribution in [0.4, 0.5) is 11.4 Å². The molecule has 2 aromatic carbocycles. The van der Waals surface area contributed by atoms with Crippen molar-refractivity contribution in [2.45, 2.75) is 16.7 Å². The largest absolute Gasteiger partial charge is 0.366 e. The number of rotatable bonds is 2. The summed E-state index contributed by atoms with van der Waals surface area (Å²) in [5.41, 5.74) is 2.25. The molecule has 0 saturated carbocycles. The average molecular weight is 272 g/mol. The van der Waals surface area contributed by atoms with Crippen LogP contribution in [0.3, 0.4) is 0 Å². The maximum Gasteiger partial charge on any atom is 0.269 e. The van der Waals surface area contributed by atoms with Gasteiger partial charge in [-0.1, -0.05) is 23.9 Å². The van der Waals surface area contributed by atoms with Gasteiger partial charge in [-0.3, -0.25) is 10.1 Å². The SMILES string of the molecule is C[C@]1(c2ccc([N+](=O)[O-])cc2)Nc2ccccc2S1. The molecule has 0 aliphatic carbocycles. The van der Waals surface area contributed by atoms with Crippen molar-refractivity contribution in [1.82, 2.24) is 0 Å². The third-order valence-electron chi connectivity index (χ3n) is 3.20.